The van der Waals surface area contributed by atoms with Crippen molar-refractivity contribution in [2.45, 2.75) is 19.4 Å². The molecule has 1 atom stereocenters. The van der Waals surface area contributed by atoms with Gasteiger partial charge in [0.25, 0.3) is 0 Å². The highest BCUT2D eigenvalue weighted by atomic mass is 16.5. The molecule has 1 amide bonds. The monoisotopic (exact) mass is 355 g/mol. The topological polar surface area (TPSA) is 56.8 Å². The Morgan fingerprint density at radius 2 is 1.69 bits per heavy atom. The highest BCUT2D eigenvalue weighted by molar-refractivity contribution is 5.92. The molecule has 0 saturated carbocycles. The first-order valence-electron chi connectivity index (χ1n) is 8.47. The first-order valence-corrected chi connectivity index (χ1v) is 8.47. The van der Waals surface area contributed by atoms with Crippen LogP contribution in [0.3, 0.4) is 0 Å². The van der Waals surface area contributed by atoms with Gasteiger partial charge in [-0.2, -0.15) is 0 Å². The lowest BCUT2D eigenvalue weighted by atomic mass is 10.0. The summed E-state index contributed by atoms with van der Waals surface area (Å²) in [7, 11) is 4.66. The molecule has 5 nitrogen and oxygen atoms in total. The number of hydrogen-bond donors (Lipinski definition) is 1. The Kier molecular flexibility index (Phi) is 7.09. The summed E-state index contributed by atoms with van der Waals surface area (Å²) < 4.78 is 16.1. The van der Waals surface area contributed by atoms with E-state index in [1.807, 2.05) is 43.3 Å². The van der Waals surface area contributed by atoms with Gasteiger partial charge >= 0.3 is 0 Å². The number of ether oxygens (including phenoxy) is 3. The van der Waals surface area contributed by atoms with Gasteiger partial charge in [-0.05, 0) is 30.2 Å². The number of nitrogens with one attached hydrogen (secondary N) is 1. The van der Waals surface area contributed by atoms with Crippen LogP contribution in [0.2, 0.25) is 0 Å². The number of amides is 1. The summed E-state index contributed by atoms with van der Waals surface area (Å²) in [5, 5.41) is 3.02. The quantitative estimate of drug-likeness (QED) is 0.728. The van der Waals surface area contributed by atoms with Gasteiger partial charge in [-0.15, -0.1) is 0 Å². The zero-order chi connectivity index (χ0) is 18.9. The average molecular weight is 355 g/mol. The van der Waals surface area contributed by atoms with E-state index in [1.165, 1.54) is 6.08 Å². The Hall–Kier alpha value is -2.95. The smallest absolute Gasteiger partial charge is 0.244 e. The summed E-state index contributed by atoms with van der Waals surface area (Å²) in [6.45, 7) is 2.04. The van der Waals surface area contributed by atoms with Crippen molar-refractivity contribution in [2.24, 2.45) is 0 Å². The Labute approximate surface area is 154 Å². The number of methoxy groups -OCH3 is 3. The molecule has 0 aromatic heterocycles. The van der Waals surface area contributed by atoms with E-state index in [0.717, 1.165) is 17.5 Å². The largest absolute Gasteiger partial charge is 0.493 e. The molecule has 0 saturated heterocycles. The molecule has 0 aliphatic rings. The maximum Gasteiger partial charge on any atom is 0.244 e. The second-order valence-corrected chi connectivity index (χ2v) is 5.64. The van der Waals surface area contributed by atoms with Gasteiger partial charge < -0.3 is 19.5 Å². The first-order chi connectivity index (χ1) is 12.6. The summed E-state index contributed by atoms with van der Waals surface area (Å²) >= 11 is 0. The Morgan fingerprint density at radius 3 is 2.27 bits per heavy atom. The molecule has 2 aromatic rings. The molecule has 0 bridgehead atoms. The van der Waals surface area contributed by atoms with Crippen LogP contribution in [0.5, 0.6) is 17.2 Å². The summed E-state index contributed by atoms with van der Waals surface area (Å²) in [6.07, 6.45) is 4.01. The maximum atomic E-state index is 12.3. The summed E-state index contributed by atoms with van der Waals surface area (Å²) in [5.41, 5.74) is 1.81. The van der Waals surface area contributed by atoms with E-state index >= 15 is 0 Å². The van der Waals surface area contributed by atoms with Crippen LogP contribution in [-0.2, 0) is 4.79 Å². The van der Waals surface area contributed by atoms with Crippen molar-refractivity contribution in [1.29, 1.82) is 0 Å². The minimum absolute atomic E-state index is 0.0272. The second kappa shape index (κ2) is 9.51. The van der Waals surface area contributed by atoms with E-state index in [1.54, 1.807) is 33.5 Å². The third-order valence-corrected chi connectivity index (χ3v) is 4.08. The van der Waals surface area contributed by atoms with Crippen LogP contribution in [0.25, 0.3) is 6.08 Å². The molecule has 0 radical (unpaired) electrons. The van der Waals surface area contributed by atoms with Crippen molar-refractivity contribution in [1.82, 2.24) is 5.32 Å². The molecule has 0 aliphatic carbocycles. The molecule has 138 valence electrons. The number of rotatable bonds is 8. The lowest BCUT2D eigenvalue weighted by Crippen LogP contribution is -2.26. The number of benzene rings is 2. The molecule has 0 heterocycles. The van der Waals surface area contributed by atoms with Crippen LogP contribution in [0.1, 0.15) is 30.5 Å². The molecule has 5 heteroatoms. The van der Waals surface area contributed by atoms with Gasteiger partial charge in [0.05, 0.1) is 27.4 Å². The SMILES string of the molecule is CC[C@H](NC(=O)/C=C/c1ccc(OC)c(OC)c1OC)c1ccccc1. The first kappa shape index (κ1) is 19.4. The molecule has 26 heavy (non-hydrogen) atoms. The van der Waals surface area contributed by atoms with E-state index in [2.05, 4.69) is 5.32 Å². The predicted octanol–water partition coefficient (Wildman–Crippen LogP) is 3.99. The van der Waals surface area contributed by atoms with Crippen molar-refractivity contribution >= 4 is 12.0 Å². The number of carbonyl (C=O) groups is 1. The minimum atomic E-state index is -0.169. The van der Waals surface area contributed by atoms with E-state index in [0.29, 0.717) is 17.2 Å². The van der Waals surface area contributed by atoms with Crippen molar-refractivity contribution in [3.05, 3.63) is 59.7 Å². The average Bonchev–Trinajstić information content (AvgIpc) is 2.70. The third-order valence-electron chi connectivity index (χ3n) is 4.08. The zero-order valence-corrected chi connectivity index (χ0v) is 15.6. The van der Waals surface area contributed by atoms with Gasteiger partial charge in [-0.3, -0.25) is 4.79 Å². The lowest BCUT2D eigenvalue weighted by Gasteiger charge is -2.16. The van der Waals surface area contributed by atoms with Gasteiger partial charge in [0.1, 0.15) is 0 Å². The lowest BCUT2D eigenvalue weighted by molar-refractivity contribution is -0.117. The summed E-state index contributed by atoms with van der Waals surface area (Å²) in [5.74, 6) is 1.41. The Bertz CT molecular complexity index is 756. The van der Waals surface area contributed by atoms with E-state index in [9.17, 15) is 4.79 Å². The predicted molar refractivity (Wildman–Crippen MR) is 103 cm³/mol. The fourth-order valence-electron chi connectivity index (χ4n) is 2.75. The molecule has 0 fully saturated rings. The van der Waals surface area contributed by atoms with Crippen molar-refractivity contribution in [2.75, 3.05) is 21.3 Å². The molecule has 2 rings (SSSR count). The normalized spacial score (nSPS) is 11.8. The van der Waals surface area contributed by atoms with E-state index in [-0.39, 0.29) is 11.9 Å². The van der Waals surface area contributed by atoms with Gasteiger partial charge in [0, 0.05) is 11.6 Å². The van der Waals surface area contributed by atoms with Gasteiger partial charge in [0.15, 0.2) is 11.5 Å². The van der Waals surface area contributed by atoms with Crippen molar-refractivity contribution in [3.63, 3.8) is 0 Å². The molecular weight excluding hydrogens is 330 g/mol. The fraction of sp³-hybridized carbons (Fsp3) is 0.286. The molecule has 1 N–H and O–H groups in total. The fourth-order valence-corrected chi connectivity index (χ4v) is 2.75. The number of carbonyl (C=O) groups excluding carboxylic acids is 1. The molecule has 0 aliphatic heterocycles. The zero-order valence-electron chi connectivity index (χ0n) is 15.6. The Balaban J connectivity index is 2.17. The van der Waals surface area contributed by atoms with Crippen LogP contribution in [-0.4, -0.2) is 27.2 Å². The van der Waals surface area contributed by atoms with Crippen LogP contribution in [0.15, 0.2) is 48.5 Å². The van der Waals surface area contributed by atoms with Crippen molar-refractivity contribution in [3.8, 4) is 17.2 Å². The highest BCUT2D eigenvalue weighted by Gasteiger charge is 2.15. The van der Waals surface area contributed by atoms with Crippen LogP contribution >= 0.6 is 0 Å². The van der Waals surface area contributed by atoms with Gasteiger partial charge in [-0.1, -0.05) is 37.3 Å². The molecule has 0 unspecified atom stereocenters. The second-order valence-electron chi connectivity index (χ2n) is 5.64. The van der Waals surface area contributed by atoms with E-state index < -0.39 is 0 Å². The molecule has 2 aromatic carbocycles. The maximum absolute atomic E-state index is 12.3. The summed E-state index contributed by atoms with van der Waals surface area (Å²) in [6, 6.07) is 13.5. The summed E-state index contributed by atoms with van der Waals surface area (Å²) in [4.78, 5) is 12.3. The van der Waals surface area contributed by atoms with Crippen LogP contribution in [0, 0.1) is 0 Å². The minimum Gasteiger partial charge on any atom is -0.493 e. The van der Waals surface area contributed by atoms with Gasteiger partial charge in [-0.25, -0.2) is 0 Å². The standard InChI is InChI=1S/C21H25NO4/c1-5-17(15-9-7-6-8-10-15)22-19(23)14-12-16-11-13-18(24-2)21(26-4)20(16)25-3/h6-14,17H,5H2,1-4H3,(H,22,23)/b14-12+/t17-/m0/s1. The Morgan fingerprint density at radius 1 is 1.00 bits per heavy atom. The molecule has 0 spiro atoms. The van der Waals surface area contributed by atoms with Gasteiger partial charge in [0.2, 0.25) is 11.7 Å². The molecular formula is C21H25NO4. The van der Waals surface area contributed by atoms with Crippen molar-refractivity contribution < 1.29 is 19.0 Å². The third kappa shape index (κ3) is 4.57. The van der Waals surface area contributed by atoms with E-state index in [4.69, 9.17) is 14.2 Å². The van der Waals surface area contributed by atoms with Crippen LogP contribution in [0.4, 0.5) is 0 Å². The number of hydrogen-bond acceptors (Lipinski definition) is 4. The highest BCUT2D eigenvalue weighted by Crippen LogP contribution is 2.40. The van der Waals surface area contributed by atoms with Crippen LogP contribution < -0.4 is 19.5 Å².